The number of nitrogen functional groups attached to an aromatic ring is 3. The van der Waals surface area contributed by atoms with Gasteiger partial charge in [-0.05, 0) is 42.5 Å². The molecule has 6 N–H and O–H groups in total. The molecule has 5 nitrogen and oxygen atoms in total. The molecule has 0 saturated heterocycles. The molecule has 0 saturated carbocycles. The number of nitrogens with zero attached hydrogens (tertiary/aromatic N) is 2. The third kappa shape index (κ3) is 3.53. The van der Waals surface area contributed by atoms with E-state index in [9.17, 15) is 0 Å². The Bertz CT molecular complexity index is 1460. The van der Waals surface area contributed by atoms with Gasteiger partial charge in [-0.25, -0.2) is 9.97 Å². The first kappa shape index (κ1) is 18.6. The van der Waals surface area contributed by atoms with Crippen LogP contribution in [0.2, 0.25) is 0 Å². The second kappa shape index (κ2) is 7.46. The van der Waals surface area contributed by atoms with Crippen molar-refractivity contribution in [1.82, 2.24) is 9.97 Å². The van der Waals surface area contributed by atoms with Crippen molar-refractivity contribution in [1.29, 1.82) is 0 Å². The second-order valence-electron chi connectivity index (χ2n) is 7.45. The van der Waals surface area contributed by atoms with Crippen LogP contribution >= 0.6 is 0 Å². The Kier molecular flexibility index (Phi) is 4.49. The van der Waals surface area contributed by atoms with Gasteiger partial charge in [-0.3, -0.25) is 0 Å². The molecule has 0 bridgehead atoms. The minimum absolute atomic E-state index is 0.725. The lowest BCUT2D eigenvalue weighted by Crippen LogP contribution is -1.91. The third-order valence-electron chi connectivity index (χ3n) is 5.29. The van der Waals surface area contributed by atoms with Gasteiger partial charge >= 0.3 is 0 Å². The van der Waals surface area contributed by atoms with Crippen molar-refractivity contribution in [2.24, 2.45) is 0 Å². The Morgan fingerprint density at radius 3 is 1.42 bits per heavy atom. The van der Waals surface area contributed by atoms with Crippen LogP contribution in [0, 0.1) is 0 Å². The van der Waals surface area contributed by atoms with E-state index in [1.54, 1.807) is 0 Å². The summed E-state index contributed by atoms with van der Waals surface area (Å²) in [5.74, 6) is 0. The fraction of sp³-hybridized carbons (Fsp3) is 0. The quantitative estimate of drug-likeness (QED) is 0.229. The van der Waals surface area contributed by atoms with E-state index in [1.807, 2.05) is 84.9 Å². The number of rotatable bonds is 0. The standard InChI is InChI=1S/C13H11N3.C13H10N2/c14-10-3-1-8-5-9-2-4-11(15)7-13(9)16-12(8)6-10;14-13-9-5-1-3-7-11(9)15-12-8-4-2-6-10(12)13/h1-7H,14-15H2;1-8H,(H2,14,15). The van der Waals surface area contributed by atoms with Gasteiger partial charge in [0.15, 0.2) is 0 Å². The zero-order valence-electron chi connectivity index (χ0n) is 16.8. The molecule has 0 fully saturated rings. The Balaban J connectivity index is 0.000000132. The first-order valence-electron chi connectivity index (χ1n) is 9.97. The summed E-state index contributed by atoms with van der Waals surface area (Å²) in [6, 6.07) is 29.5. The summed E-state index contributed by atoms with van der Waals surface area (Å²) in [5, 5.41) is 4.23. The third-order valence-corrected chi connectivity index (χ3v) is 5.29. The van der Waals surface area contributed by atoms with Crippen LogP contribution in [-0.2, 0) is 0 Å². The predicted octanol–water partition coefficient (Wildman–Crippen LogP) is 5.52. The van der Waals surface area contributed by atoms with E-state index >= 15 is 0 Å². The zero-order valence-corrected chi connectivity index (χ0v) is 16.8. The van der Waals surface area contributed by atoms with Crippen LogP contribution in [0.5, 0.6) is 0 Å². The Hall–Kier alpha value is -4.38. The van der Waals surface area contributed by atoms with Crippen molar-refractivity contribution in [3.63, 3.8) is 0 Å². The molecule has 0 aliphatic heterocycles. The van der Waals surface area contributed by atoms with E-state index in [4.69, 9.17) is 17.2 Å². The number of para-hydroxylation sites is 2. The molecule has 4 aromatic carbocycles. The maximum atomic E-state index is 6.11. The Morgan fingerprint density at radius 1 is 0.452 bits per heavy atom. The van der Waals surface area contributed by atoms with E-state index in [0.29, 0.717) is 0 Å². The molecule has 6 aromatic rings. The molecule has 0 radical (unpaired) electrons. The number of fused-ring (bicyclic) bond motifs is 4. The van der Waals surface area contributed by atoms with Crippen molar-refractivity contribution in [3.05, 3.63) is 91.0 Å². The lowest BCUT2D eigenvalue weighted by molar-refractivity contribution is 1.50. The maximum absolute atomic E-state index is 6.11. The molecule has 6 rings (SSSR count). The normalized spacial score (nSPS) is 11.0. The average Bonchev–Trinajstić information content (AvgIpc) is 2.78. The molecule has 0 aliphatic carbocycles. The van der Waals surface area contributed by atoms with Crippen LogP contribution in [-0.4, -0.2) is 9.97 Å². The fourth-order valence-electron chi connectivity index (χ4n) is 3.73. The van der Waals surface area contributed by atoms with Crippen molar-refractivity contribution < 1.29 is 0 Å². The summed E-state index contributed by atoms with van der Waals surface area (Å²) in [4.78, 5) is 9.10. The number of hydrogen-bond acceptors (Lipinski definition) is 5. The lowest BCUT2D eigenvalue weighted by Gasteiger charge is -2.05. The van der Waals surface area contributed by atoms with Crippen molar-refractivity contribution in [2.75, 3.05) is 17.2 Å². The number of pyridine rings is 2. The van der Waals surface area contributed by atoms with E-state index in [-0.39, 0.29) is 0 Å². The van der Waals surface area contributed by atoms with Gasteiger partial charge in [-0.1, -0.05) is 48.5 Å². The lowest BCUT2D eigenvalue weighted by atomic mass is 10.1. The zero-order chi connectivity index (χ0) is 21.4. The van der Waals surface area contributed by atoms with Gasteiger partial charge in [0.05, 0.1) is 27.8 Å². The van der Waals surface area contributed by atoms with Gasteiger partial charge in [-0.2, -0.15) is 0 Å². The number of hydrogen-bond donors (Lipinski definition) is 3. The van der Waals surface area contributed by atoms with Crippen LogP contribution < -0.4 is 17.2 Å². The fourth-order valence-corrected chi connectivity index (χ4v) is 3.73. The first-order valence-corrected chi connectivity index (χ1v) is 9.97. The molecule has 0 amide bonds. The molecule has 0 spiro atoms. The van der Waals surface area contributed by atoms with E-state index < -0.39 is 0 Å². The smallest absolute Gasteiger partial charge is 0.0730 e. The molecule has 0 unspecified atom stereocenters. The molecular weight excluding hydrogens is 382 g/mol. The highest BCUT2D eigenvalue weighted by molar-refractivity contribution is 6.06. The van der Waals surface area contributed by atoms with Gasteiger partial charge in [-0.15, -0.1) is 0 Å². The van der Waals surface area contributed by atoms with Gasteiger partial charge < -0.3 is 17.2 Å². The molecule has 150 valence electrons. The number of anilines is 3. The van der Waals surface area contributed by atoms with Gasteiger partial charge in [0.1, 0.15) is 0 Å². The highest BCUT2D eigenvalue weighted by Crippen LogP contribution is 2.27. The van der Waals surface area contributed by atoms with Gasteiger partial charge in [0, 0.05) is 32.9 Å². The van der Waals surface area contributed by atoms with Crippen molar-refractivity contribution in [2.45, 2.75) is 0 Å². The van der Waals surface area contributed by atoms with Crippen LogP contribution in [0.25, 0.3) is 43.6 Å². The molecule has 31 heavy (non-hydrogen) atoms. The highest BCUT2D eigenvalue weighted by atomic mass is 14.7. The highest BCUT2D eigenvalue weighted by Gasteiger charge is 2.04. The minimum Gasteiger partial charge on any atom is -0.399 e. The van der Waals surface area contributed by atoms with E-state index in [2.05, 4.69) is 16.0 Å². The maximum Gasteiger partial charge on any atom is 0.0730 e. The number of benzene rings is 4. The molecule has 0 aliphatic rings. The van der Waals surface area contributed by atoms with Crippen LogP contribution in [0.1, 0.15) is 0 Å². The molecule has 2 heterocycles. The second-order valence-corrected chi connectivity index (χ2v) is 7.45. The SMILES string of the molecule is Nc1c2ccccc2nc2ccccc12.Nc1ccc2cc3ccc(N)cc3nc2c1. The van der Waals surface area contributed by atoms with E-state index in [0.717, 1.165) is 60.7 Å². The monoisotopic (exact) mass is 403 g/mol. The Labute approximate surface area is 179 Å². The van der Waals surface area contributed by atoms with Gasteiger partial charge in [0.2, 0.25) is 0 Å². The van der Waals surface area contributed by atoms with Crippen LogP contribution in [0.4, 0.5) is 17.1 Å². The summed E-state index contributed by atoms with van der Waals surface area (Å²) in [7, 11) is 0. The molecule has 2 aromatic heterocycles. The largest absolute Gasteiger partial charge is 0.399 e. The molecular formula is C26H21N5. The number of nitrogens with two attached hydrogens (primary N) is 3. The molecule has 5 heteroatoms. The topological polar surface area (TPSA) is 104 Å². The Morgan fingerprint density at radius 2 is 0.903 bits per heavy atom. The summed E-state index contributed by atoms with van der Waals surface area (Å²) < 4.78 is 0. The summed E-state index contributed by atoms with van der Waals surface area (Å²) in [5.41, 5.74) is 23.6. The predicted molar refractivity (Wildman–Crippen MR) is 132 cm³/mol. The van der Waals surface area contributed by atoms with Crippen molar-refractivity contribution in [3.8, 4) is 0 Å². The summed E-state index contributed by atoms with van der Waals surface area (Å²) in [6.07, 6.45) is 0. The summed E-state index contributed by atoms with van der Waals surface area (Å²) >= 11 is 0. The molecule has 0 atom stereocenters. The average molecular weight is 403 g/mol. The van der Waals surface area contributed by atoms with Gasteiger partial charge in [0.25, 0.3) is 0 Å². The minimum atomic E-state index is 0.725. The van der Waals surface area contributed by atoms with Crippen LogP contribution in [0.15, 0.2) is 91.0 Å². The summed E-state index contributed by atoms with van der Waals surface area (Å²) in [6.45, 7) is 0. The number of aromatic nitrogens is 2. The van der Waals surface area contributed by atoms with E-state index in [1.165, 1.54) is 0 Å². The first-order chi connectivity index (χ1) is 15.1. The van der Waals surface area contributed by atoms with Crippen LogP contribution in [0.3, 0.4) is 0 Å². The van der Waals surface area contributed by atoms with Crippen molar-refractivity contribution >= 4 is 60.7 Å².